The SMILES string of the molecule is COc1ccc(NC(=O)Cn2c(-n3nc(C)cc3C)nc3c(c2=O)CCCC3)cc1OC. The molecule has 2 aromatic heterocycles. The van der Waals surface area contributed by atoms with Crippen molar-refractivity contribution >= 4 is 11.6 Å². The number of rotatable bonds is 6. The van der Waals surface area contributed by atoms with Crippen LogP contribution in [0.2, 0.25) is 0 Å². The molecule has 1 aromatic carbocycles. The molecule has 0 spiro atoms. The van der Waals surface area contributed by atoms with Crippen molar-refractivity contribution < 1.29 is 14.3 Å². The van der Waals surface area contributed by atoms with Crippen LogP contribution in [0.4, 0.5) is 5.69 Å². The first-order valence-corrected chi connectivity index (χ1v) is 10.6. The van der Waals surface area contributed by atoms with E-state index < -0.39 is 0 Å². The molecule has 0 saturated carbocycles. The number of ether oxygens (including phenoxy) is 2. The first-order chi connectivity index (χ1) is 15.4. The summed E-state index contributed by atoms with van der Waals surface area (Å²) < 4.78 is 13.6. The van der Waals surface area contributed by atoms with Crippen LogP contribution in [0.1, 0.15) is 35.5 Å². The molecule has 0 unspecified atom stereocenters. The number of hydrogen-bond donors (Lipinski definition) is 1. The van der Waals surface area contributed by atoms with Crippen molar-refractivity contribution in [3.05, 3.63) is 57.3 Å². The van der Waals surface area contributed by atoms with Gasteiger partial charge in [-0.25, -0.2) is 9.67 Å². The van der Waals surface area contributed by atoms with Crippen molar-refractivity contribution in [1.29, 1.82) is 0 Å². The standard InChI is InChI=1S/C23H27N5O4/c1-14-11-15(2)28(26-14)23-25-18-8-6-5-7-17(18)22(30)27(23)13-21(29)24-16-9-10-19(31-3)20(12-16)32-4/h9-12H,5-8,13H2,1-4H3,(H,24,29). The van der Waals surface area contributed by atoms with E-state index in [-0.39, 0.29) is 18.0 Å². The molecule has 1 aliphatic rings. The zero-order valence-corrected chi connectivity index (χ0v) is 18.8. The number of fused-ring (bicyclic) bond motifs is 1. The topological polar surface area (TPSA) is 100 Å². The monoisotopic (exact) mass is 437 g/mol. The zero-order chi connectivity index (χ0) is 22.8. The van der Waals surface area contributed by atoms with Crippen LogP contribution in [0.5, 0.6) is 11.5 Å². The second-order valence-electron chi connectivity index (χ2n) is 7.89. The largest absolute Gasteiger partial charge is 0.493 e. The molecule has 0 saturated heterocycles. The average molecular weight is 438 g/mol. The number of benzene rings is 1. The van der Waals surface area contributed by atoms with Crippen molar-refractivity contribution in [3.63, 3.8) is 0 Å². The number of nitrogens with one attached hydrogen (secondary N) is 1. The molecule has 1 amide bonds. The lowest BCUT2D eigenvalue weighted by Gasteiger charge is -2.20. The lowest BCUT2D eigenvalue weighted by atomic mass is 9.97. The molecule has 0 atom stereocenters. The van der Waals surface area contributed by atoms with E-state index in [9.17, 15) is 9.59 Å². The van der Waals surface area contributed by atoms with E-state index in [1.165, 1.54) is 11.7 Å². The first kappa shape index (κ1) is 21.6. The highest BCUT2D eigenvalue weighted by molar-refractivity contribution is 5.91. The molecule has 32 heavy (non-hydrogen) atoms. The molecular formula is C23H27N5O4. The molecule has 9 heteroatoms. The van der Waals surface area contributed by atoms with Crippen molar-refractivity contribution in [2.75, 3.05) is 19.5 Å². The van der Waals surface area contributed by atoms with Crippen molar-refractivity contribution in [3.8, 4) is 17.4 Å². The number of amides is 1. The third-order valence-electron chi connectivity index (χ3n) is 5.59. The number of carbonyl (C=O) groups is 1. The fraction of sp³-hybridized carbons (Fsp3) is 0.391. The molecular weight excluding hydrogens is 410 g/mol. The Morgan fingerprint density at radius 1 is 1.09 bits per heavy atom. The quantitative estimate of drug-likeness (QED) is 0.636. The summed E-state index contributed by atoms with van der Waals surface area (Å²) in [5.41, 5.74) is 3.52. The Balaban J connectivity index is 1.70. The Bertz CT molecular complexity index is 1230. The summed E-state index contributed by atoms with van der Waals surface area (Å²) in [4.78, 5) is 31.1. The lowest BCUT2D eigenvalue weighted by Crippen LogP contribution is -2.35. The van der Waals surface area contributed by atoms with Crippen LogP contribution < -0.4 is 20.3 Å². The number of hydrogen-bond acceptors (Lipinski definition) is 6. The second-order valence-corrected chi connectivity index (χ2v) is 7.89. The number of methoxy groups -OCH3 is 2. The fourth-order valence-corrected chi connectivity index (χ4v) is 4.07. The van der Waals surface area contributed by atoms with Gasteiger partial charge in [-0.15, -0.1) is 0 Å². The molecule has 2 heterocycles. The minimum Gasteiger partial charge on any atom is -0.493 e. The molecule has 0 radical (unpaired) electrons. The summed E-state index contributed by atoms with van der Waals surface area (Å²) in [6.07, 6.45) is 3.38. The summed E-state index contributed by atoms with van der Waals surface area (Å²) in [7, 11) is 3.08. The Hall–Kier alpha value is -3.62. The maximum absolute atomic E-state index is 13.4. The molecule has 0 bridgehead atoms. The summed E-state index contributed by atoms with van der Waals surface area (Å²) >= 11 is 0. The van der Waals surface area contributed by atoms with Gasteiger partial charge >= 0.3 is 0 Å². The number of aryl methyl sites for hydroxylation is 3. The van der Waals surface area contributed by atoms with Gasteiger partial charge in [-0.1, -0.05) is 0 Å². The van der Waals surface area contributed by atoms with Gasteiger partial charge in [0, 0.05) is 23.0 Å². The van der Waals surface area contributed by atoms with E-state index in [2.05, 4.69) is 10.4 Å². The summed E-state index contributed by atoms with van der Waals surface area (Å²) in [6.45, 7) is 3.61. The van der Waals surface area contributed by atoms with Crippen molar-refractivity contribution in [1.82, 2.24) is 19.3 Å². The normalized spacial score (nSPS) is 12.9. The molecule has 1 aliphatic carbocycles. The maximum atomic E-state index is 13.4. The van der Waals surface area contributed by atoms with E-state index in [4.69, 9.17) is 14.5 Å². The van der Waals surface area contributed by atoms with Crippen LogP contribution in [-0.4, -0.2) is 39.5 Å². The van der Waals surface area contributed by atoms with E-state index in [1.807, 2.05) is 19.9 Å². The minimum atomic E-state index is -0.348. The molecule has 168 valence electrons. The predicted octanol–water partition coefficient (Wildman–Crippen LogP) is 2.58. The van der Waals surface area contributed by atoms with Crippen LogP contribution in [0.3, 0.4) is 0 Å². The first-order valence-electron chi connectivity index (χ1n) is 10.6. The van der Waals surface area contributed by atoms with E-state index in [0.29, 0.717) is 35.1 Å². The van der Waals surface area contributed by atoms with Gasteiger partial charge in [-0.3, -0.25) is 14.2 Å². The smallest absolute Gasteiger partial charge is 0.258 e. The molecule has 0 aliphatic heterocycles. The number of nitrogens with zero attached hydrogens (tertiary/aromatic N) is 4. The van der Waals surface area contributed by atoms with E-state index >= 15 is 0 Å². The van der Waals surface area contributed by atoms with Crippen LogP contribution in [0.15, 0.2) is 29.1 Å². The minimum absolute atomic E-state index is 0.179. The third-order valence-corrected chi connectivity index (χ3v) is 5.59. The third kappa shape index (κ3) is 4.10. The predicted molar refractivity (Wildman–Crippen MR) is 120 cm³/mol. The average Bonchev–Trinajstić information content (AvgIpc) is 3.13. The Labute approximate surface area is 186 Å². The highest BCUT2D eigenvalue weighted by Crippen LogP contribution is 2.29. The Kier molecular flexibility index (Phi) is 5.98. The van der Waals surface area contributed by atoms with Crippen molar-refractivity contribution in [2.24, 2.45) is 0 Å². The summed E-state index contributed by atoms with van der Waals surface area (Å²) in [6, 6.07) is 7.02. The van der Waals surface area contributed by atoms with Crippen LogP contribution in [-0.2, 0) is 24.2 Å². The van der Waals surface area contributed by atoms with Gasteiger partial charge < -0.3 is 14.8 Å². The molecule has 9 nitrogen and oxygen atoms in total. The van der Waals surface area contributed by atoms with E-state index in [1.54, 1.807) is 30.0 Å². The van der Waals surface area contributed by atoms with Crippen LogP contribution in [0, 0.1) is 13.8 Å². The molecule has 1 N–H and O–H groups in total. The van der Waals surface area contributed by atoms with Crippen LogP contribution >= 0.6 is 0 Å². The van der Waals surface area contributed by atoms with Gasteiger partial charge in [-0.05, 0) is 57.7 Å². The lowest BCUT2D eigenvalue weighted by molar-refractivity contribution is -0.116. The van der Waals surface area contributed by atoms with Gasteiger partial charge in [0.15, 0.2) is 11.5 Å². The molecule has 0 fully saturated rings. The number of anilines is 1. The number of aromatic nitrogens is 4. The number of carbonyl (C=O) groups excluding carboxylic acids is 1. The van der Waals surface area contributed by atoms with Gasteiger partial charge in [0.2, 0.25) is 11.9 Å². The van der Waals surface area contributed by atoms with Gasteiger partial charge in [-0.2, -0.15) is 5.10 Å². The Morgan fingerprint density at radius 2 is 1.84 bits per heavy atom. The van der Waals surface area contributed by atoms with Gasteiger partial charge in [0.1, 0.15) is 6.54 Å². The molecule has 3 aromatic rings. The van der Waals surface area contributed by atoms with Gasteiger partial charge in [0.25, 0.3) is 5.56 Å². The Morgan fingerprint density at radius 3 is 2.53 bits per heavy atom. The highest BCUT2D eigenvalue weighted by atomic mass is 16.5. The second kappa shape index (κ2) is 8.86. The summed E-state index contributed by atoms with van der Waals surface area (Å²) in [5, 5.41) is 7.33. The highest BCUT2D eigenvalue weighted by Gasteiger charge is 2.23. The van der Waals surface area contributed by atoms with E-state index in [0.717, 1.165) is 36.3 Å². The van der Waals surface area contributed by atoms with Crippen molar-refractivity contribution in [2.45, 2.75) is 46.1 Å². The zero-order valence-electron chi connectivity index (χ0n) is 18.8. The molecule has 4 rings (SSSR count). The fourth-order valence-electron chi connectivity index (χ4n) is 4.07. The summed E-state index contributed by atoms with van der Waals surface area (Å²) in [5.74, 6) is 1.08. The van der Waals surface area contributed by atoms with Gasteiger partial charge in [0.05, 0.1) is 25.6 Å². The van der Waals surface area contributed by atoms with Crippen LogP contribution in [0.25, 0.3) is 5.95 Å². The maximum Gasteiger partial charge on any atom is 0.258 e.